The van der Waals surface area contributed by atoms with Crippen LogP contribution in [0.2, 0.25) is 0 Å². The molecule has 0 radical (unpaired) electrons. The molecule has 0 amide bonds. The molecule has 1 aromatic carbocycles. The minimum absolute atomic E-state index is 0.171. The van der Waals surface area contributed by atoms with Crippen molar-refractivity contribution in [2.45, 2.75) is 19.4 Å². The van der Waals surface area contributed by atoms with E-state index in [1.54, 1.807) is 13.1 Å². The van der Waals surface area contributed by atoms with E-state index in [1.807, 2.05) is 19.1 Å². The van der Waals surface area contributed by atoms with Gasteiger partial charge in [0, 0.05) is 0 Å². The minimum atomic E-state index is -0.821. The van der Waals surface area contributed by atoms with E-state index >= 15 is 0 Å². The van der Waals surface area contributed by atoms with Crippen LogP contribution in [0.1, 0.15) is 23.1 Å². The van der Waals surface area contributed by atoms with E-state index < -0.39 is 11.6 Å². The van der Waals surface area contributed by atoms with Gasteiger partial charge in [-0.2, -0.15) is 0 Å². The molecule has 4 heteroatoms. The highest BCUT2D eigenvalue weighted by Crippen LogP contribution is 2.22. The molecule has 0 saturated carbocycles. The lowest BCUT2D eigenvalue weighted by molar-refractivity contribution is 0.408. The largest absolute Gasteiger partial charge is 0.465 e. The second-order valence-corrected chi connectivity index (χ2v) is 4.21. The maximum Gasteiger partial charge on any atom is 0.162 e. The Balaban J connectivity index is 2.23. The second-order valence-electron chi connectivity index (χ2n) is 4.21. The van der Waals surface area contributed by atoms with E-state index in [4.69, 9.17) is 4.42 Å². The summed E-state index contributed by atoms with van der Waals surface area (Å²) in [5, 5.41) is 3.04. The fraction of sp³-hybridized carbons (Fsp3) is 0.286. The summed E-state index contributed by atoms with van der Waals surface area (Å²) in [6.45, 7) is 1.85. The van der Waals surface area contributed by atoms with Crippen LogP contribution in [0.4, 0.5) is 8.78 Å². The van der Waals surface area contributed by atoms with Gasteiger partial charge in [0.15, 0.2) is 11.6 Å². The number of furan rings is 1. The van der Waals surface area contributed by atoms with Crippen LogP contribution in [0.15, 0.2) is 34.7 Å². The lowest BCUT2D eigenvalue weighted by atomic mass is 10.0. The average molecular weight is 251 g/mol. The number of halogens is 2. The van der Waals surface area contributed by atoms with Crippen LogP contribution >= 0.6 is 0 Å². The van der Waals surface area contributed by atoms with Crippen molar-refractivity contribution in [2.75, 3.05) is 7.05 Å². The van der Waals surface area contributed by atoms with Gasteiger partial charge in [-0.1, -0.05) is 12.1 Å². The Morgan fingerprint density at radius 2 is 2.00 bits per heavy atom. The van der Waals surface area contributed by atoms with E-state index in [0.717, 1.165) is 17.6 Å². The molecular formula is C14H15F2NO. The number of likely N-dealkylation sites (N-methyl/N-ethyl adjacent to an activating group) is 1. The Kier molecular flexibility index (Phi) is 3.77. The van der Waals surface area contributed by atoms with Crippen LogP contribution in [-0.4, -0.2) is 7.05 Å². The molecule has 0 aliphatic rings. The summed E-state index contributed by atoms with van der Waals surface area (Å²) in [5.74, 6) is -0.0948. The van der Waals surface area contributed by atoms with Gasteiger partial charge in [0.25, 0.3) is 0 Å². The van der Waals surface area contributed by atoms with Gasteiger partial charge in [-0.15, -0.1) is 0 Å². The lowest BCUT2D eigenvalue weighted by Gasteiger charge is -2.14. The van der Waals surface area contributed by atoms with Gasteiger partial charge in [-0.3, -0.25) is 0 Å². The molecule has 18 heavy (non-hydrogen) atoms. The molecular weight excluding hydrogens is 236 g/mol. The molecule has 1 aromatic heterocycles. The number of hydrogen-bond acceptors (Lipinski definition) is 2. The van der Waals surface area contributed by atoms with Crippen molar-refractivity contribution in [3.05, 3.63) is 59.1 Å². The number of nitrogens with one attached hydrogen (secondary N) is 1. The molecule has 0 aliphatic carbocycles. The topological polar surface area (TPSA) is 25.2 Å². The van der Waals surface area contributed by atoms with Crippen LogP contribution < -0.4 is 5.32 Å². The first-order valence-corrected chi connectivity index (χ1v) is 5.78. The first kappa shape index (κ1) is 12.8. The maximum absolute atomic E-state index is 13.6. The zero-order chi connectivity index (χ0) is 13.1. The van der Waals surface area contributed by atoms with Crippen molar-refractivity contribution in [3.63, 3.8) is 0 Å². The van der Waals surface area contributed by atoms with Crippen molar-refractivity contribution in [3.8, 4) is 0 Å². The van der Waals surface area contributed by atoms with Crippen molar-refractivity contribution >= 4 is 0 Å². The van der Waals surface area contributed by atoms with Crippen LogP contribution in [0.5, 0.6) is 0 Å². The van der Waals surface area contributed by atoms with Crippen LogP contribution in [0.3, 0.4) is 0 Å². The highest BCUT2D eigenvalue weighted by Gasteiger charge is 2.17. The van der Waals surface area contributed by atoms with Crippen molar-refractivity contribution in [1.82, 2.24) is 5.32 Å². The predicted molar refractivity (Wildman–Crippen MR) is 65.3 cm³/mol. The standard InChI is InChI=1S/C14H15F2NO/c1-9-6-7-13(18-9)12(17-2)8-10-4-3-5-11(15)14(10)16/h3-7,12,17H,8H2,1-2H3. The SMILES string of the molecule is CNC(Cc1cccc(F)c1F)c1ccc(C)o1. The Labute approximate surface area is 105 Å². The third-order valence-electron chi connectivity index (χ3n) is 2.91. The zero-order valence-corrected chi connectivity index (χ0v) is 10.3. The number of rotatable bonds is 4. The van der Waals surface area contributed by atoms with Gasteiger partial charge < -0.3 is 9.73 Å². The van der Waals surface area contributed by atoms with Crippen LogP contribution in [0.25, 0.3) is 0 Å². The van der Waals surface area contributed by atoms with Gasteiger partial charge in [-0.25, -0.2) is 8.78 Å². The average Bonchev–Trinajstić information content (AvgIpc) is 2.78. The normalized spacial score (nSPS) is 12.7. The molecule has 1 atom stereocenters. The third kappa shape index (κ3) is 2.59. The molecule has 2 nitrogen and oxygen atoms in total. The number of benzene rings is 1. The van der Waals surface area contributed by atoms with Crippen molar-refractivity contribution in [2.24, 2.45) is 0 Å². The Bertz CT molecular complexity index is 536. The van der Waals surface area contributed by atoms with Crippen molar-refractivity contribution < 1.29 is 13.2 Å². The van der Waals surface area contributed by atoms with E-state index in [2.05, 4.69) is 5.32 Å². The third-order valence-corrected chi connectivity index (χ3v) is 2.91. The first-order valence-electron chi connectivity index (χ1n) is 5.78. The fourth-order valence-electron chi connectivity index (χ4n) is 1.91. The molecule has 0 spiro atoms. The summed E-state index contributed by atoms with van der Waals surface area (Å²) in [4.78, 5) is 0. The fourth-order valence-corrected chi connectivity index (χ4v) is 1.91. The number of hydrogen-bond donors (Lipinski definition) is 1. The zero-order valence-electron chi connectivity index (χ0n) is 10.3. The minimum Gasteiger partial charge on any atom is -0.465 e. The van der Waals surface area contributed by atoms with Crippen LogP contribution in [-0.2, 0) is 6.42 Å². The smallest absolute Gasteiger partial charge is 0.162 e. The molecule has 0 saturated heterocycles. The first-order chi connectivity index (χ1) is 8.61. The quantitative estimate of drug-likeness (QED) is 0.901. The lowest BCUT2D eigenvalue weighted by Crippen LogP contribution is -2.19. The summed E-state index contributed by atoms with van der Waals surface area (Å²) >= 11 is 0. The summed E-state index contributed by atoms with van der Waals surface area (Å²) in [6.07, 6.45) is 0.340. The van der Waals surface area contributed by atoms with E-state index in [9.17, 15) is 8.78 Å². The molecule has 2 rings (SSSR count). The molecule has 0 bridgehead atoms. The Morgan fingerprint density at radius 1 is 1.22 bits per heavy atom. The van der Waals surface area contributed by atoms with Gasteiger partial charge in [0.05, 0.1) is 6.04 Å². The van der Waals surface area contributed by atoms with Crippen LogP contribution in [0, 0.1) is 18.6 Å². The molecule has 96 valence electrons. The molecule has 1 heterocycles. The monoisotopic (exact) mass is 251 g/mol. The van der Waals surface area contributed by atoms with Gasteiger partial charge in [-0.05, 0) is 44.2 Å². The van der Waals surface area contributed by atoms with E-state index in [1.165, 1.54) is 6.07 Å². The summed E-state index contributed by atoms with van der Waals surface area (Å²) < 4.78 is 32.2. The van der Waals surface area contributed by atoms with Gasteiger partial charge >= 0.3 is 0 Å². The highest BCUT2D eigenvalue weighted by molar-refractivity contribution is 5.22. The molecule has 1 unspecified atom stereocenters. The maximum atomic E-state index is 13.6. The highest BCUT2D eigenvalue weighted by atomic mass is 19.2. The summed E-state index contributed by atoms with van der Waals surface area (Å²) in [7, 11) is 1.76. The van der Waals surface area contributed by atoms with E-state index in [-0.39, 0.29) is 6.04 Å². The van der Waals surface area contributed by atoms with Crippen molar-refractivity contribution in [1.29, 1.82) is 0 Å². The Hall–Kier alpha value is -1.68. The molecule has 1 N–H and O–H groups in total. The molecule has 0 aliphatic heterocycles. The molecule has 2 aromatic rings. The molecule has 0 fully saturated rings. The second kappa shape index (κ2) is 5.31. The predicted octanol–water partition coefficient (Wildman–Crippen LogP) is 3.37. The number of aryl methyl sites for hydroxylation is 1. The van der Waals surface area contributed by atoms with Gasteiger partial charge in [0.2, 0.25) is 0 Å². The summed E-state index contributed by atoms with van der Waals surface area (Å²) in [5.41, 5.74) is 0.336. The van der Waals surface area contributed by atoms with Gasteiger partial charge in [0.1, 0.15) is 11.5 Å². The van der Waals surface area contributed by atoms with E-state index in [0.29, 0.717) is 12.0 Å². The Morgan fingerprint density at radius 3 is 2.61 bits per heavy atom. The summed E-state index contributed by atoms with van der Waals surface area (Å²) in [6, 6.07) is 7.72.